The molecule has 0 spiro atoms. The van der Waals surface area contributed by atoms with Crippen LogP contribution in [0.2, 0.25) is 15.1 Å². The van der Waals surface area contributed by atoms with E-state index >= 15 is 0 Å². The molecule has 2 nitrogen and oxygen atoms in total. The van der Waals surface area contributed by atoms with Crippen molar-refractivity contribution >= 4 is 34.8 Å². The molecule has 0 bridgehead atoms. The van der Waals surface area contributed by atoms with Gasteiger partial charge < -0.3 is 4.74 Å². The molecule has 0 fully saturated rings. The molecule has 15 heteroatoms. The number of benzene rings is 1. The van der Waals surface area contributed by atoms with Crippen molar-refractivity contribution < 1.29 is 48.6 Å². The molecule has 26 heavy (non-hydrogen) atoms. The minimum absolute atomic E-state index is 0.397. The fraction of sp³-hybridized carbons (Fsp3) is 0.273. The maximum atomic E-state index is 13.6. The van der Waals surface area contributed by atoms with Gasteiger partial charge in [-0.05, 0) is 0 Å². The molecule has 0 aliphatic rings. The van der Waals surface area contributed by atoms with Gasteiger partial charge in [0.1, 0.15) is 5.75 Å². The highest BCUT2D eigenvalue weighted by molar-refractivity contribution is 6.48. The molecule has 0 amide bonds. The van der Waals surface area contributed by atoms with Gasteiger partial charge in [0.15, 0.2) is 0 Å². The average Bonchev–Trinajstić information content (AvgIpc) is 2.37. The normalized spacial score (nSPS) is 14.2. The van der Waals surface area contributed by atoms with Crippen LogP contribution in [0.4, 0.5) is 43.9 Å². The zero-order valence-corrected chi connectivity index (χ0v) is 13.7. The summed E-state index contributed by atoms with van der Waals surface area (Å²) in [4.78, 5) is -3.00. The third kappa shape index (κ3) is 5.36. The Balaban J connectivity index is 3.57. The van der Waals surface area contributed by atoms with Crippen molar-refractivity contribution in [3.8, 4) is 5.75 Å². The highest BCUT2D eigenvalue weighted by Crippen LogP contribution is 2.43. The van der Waals surface area contributed by atoms with Gasteiger partial charge in [0, 0.05) is 12.1 Å². The molecule has 1 aromatic carbocycles. The molecule has 1 aromatic rings. The van der Waals surface area contributed by atoms with Gasteiger partial charge in [0.2, 0.25) is 0 Å². The summed E-state index contributed by atoms with van der Waals surface area (Å²) in [5.74, 6) is -8.14. The first kappa shape index (κ1) is 22.8. The Morgan fingerprint density at radius 2 is 1.19 bits per heavy atom. The molecule has 0 saturated heterocycles. The second kappa shape index (κ2) is 7.39. The number of nitrogens with zero attached hydrogens (tertiary/aromatic N) is 1. The van der Waals surface area contributed by atoms with Crippen molar-refractivity contribution in [2.75, 3.05) is 0 Å². The number of alkyl halides is 9. The molecular weight excluding hydrogens is 458 g/mol. The van der Waals surface area contributed by atoms with E-state index in [2.05, 4.69) is 4.74 Å². The zero-order chi connectivity index (χ0) is 20.7. The Morgan fingerprint density at radius 1 is 0.808 bits per heavy atom. The molecule has 0 aromatic heterocycles. The van der Waals surface area contributed by atoms with Crippen molar-refractivity contribution in [1.29, 1.82) is 0 Å². The van der Waals surface area contributed by atoms with Crippen molar-refractivity contribution in [3.05, 3.63) is 38.9 Å². The van der Waals surface area contributed by atoms with Gasteiger partial charge in [-0.15, -0.1) is 26.3 Å². The SMILES string of the molecule is F/C(=C(\Oc1cc(Cl)c(Cl)c(Cl)c1)C(F)(F)F)N(C(F)(F)F)C(F)(F)F. The average molecular weight is 460 g/mol. The van der Waals surface area contributed by atoms with Gasteiger partial charge in [-0.3, -0.25) is 0 Å². The predicted octanol–water partition coefficient (Wildman–Crippen LogP) is 7.07. The molecule has 0 aliphatic carbocycles. The van der Waals surface area contributed by atoms with Crippen LogP contribution in [0.15, 0.2) is 23.8 Å². The van der Waals surface area contributed by atoms with E-state index in [1.54, 1.807) is 0 Å². The van der Waals surface area contributed by atoms with Crippen molar-refractivity contribution in [3.63, 3.8) is 0 Å². The highest BCUT2D eigenvalue weighted by Gasteiger charge is 2.59. The largest absolute Gasteiger partial charge is 0.493 e. The lowest BCUT2D eigenvalue weighted by Crippen LogP contribution is -2.47. The van der Waals surface area contributed by atoms with E-state index in [1.807, 2.05) is 0 Å². The van der Waals surface area contributed by atoms with Crippen LogP contribution in [0.3, 0.4) is 0 Å². The maximum absolute atomic E-state index is 13.6. The summed E-state index contributed by atoms with van der Waals surface area (Å²) < 4.78 is 130. The van der Waals surface area contributed by atoms with Crippen LogP contribution >= 0.6 is 34.8 Å². The Kier molecular flexibility index (Phi) is 6.47. The lowest BCUT2D eigenvalue weighted by molar-refractivity contribution is -0.366. The molecular formula is C11H2Cl3F10NO. The van der Waals surface area contributed by atoms with Gasteiger partial charge in [-0.2, -0.15) is 22.5 Å². The molecule has 1 rings (SSSR count). The molecule has 0 aliphatic heterocycles. The minimum Gasteiger partial charge on any atom is -0.448 e. The van der Waals surface area contributed by atoms with Crippen LogP contribution in [0.5, 0.6) is 5.75 Å². The number of halogens is 13. The molecule has 0 heterocycles. The van der Waals surface area contributed by atoms with E-state index < -0.39 is 56.2 Å². The molecule has 0 unspecified atom stereocenters. The van der Waals surface area contributed by atoms with E-state index in [-0.39, 0.29) is 0 Å². The Labute approximate surface area is 152 Å². The second-order valence-electron chi connectivity index (χ2n) is 4.19. The van der Waals surface area contributed by atoms with Gasteiger partial charge in [-0.25, -0.2) is 0 Å². The number of ether oxygens (including phenoxy) is 1. The van der Waals surface area contributed by atoms with Crippen LogP contribution in [0, 0.1) is 0 Å². The number of hydrogen-bond donors (Lipinski definition) is 0. The maximum Gasteiger partial charge on any atom is 0.493 e. The van der Waals surface area contributed by atoms with Crippen molar-refractivity contribution in [2.24, 2.45) is 0 Å². The van der Waals surface area contributed by atoms with E-state index in [1.165, 1.54) is 0 Å². The lowest BCUT2D eigenvalue weighted by atomic mass is 10.3. The monoisotopic (exact) mass is 459 g/mol. The van der Waals surface area contributed by atoms with Crippen LogP contribution in [-0.4, -0.2) is 23.7 Å². The van der Waals surface area contributed by atoms with E-state index in [0.29, 0.717) is 12.1 Å². The minimum atomic E-state index is -6.57. The number of allylic oxidation sites excluding steroid dienone is 1. The Hall–Kier alpha value is -1.27. The first-order valence-corrected chi connectivity index (χ1v) is 6.82. The summed E-state index contributed by atoms with van der Waals surface area (Å²) in [6, 6.07) is 0.945. The highest BCUT2D eigenvalue weighted by atomic mass is 35.5. The van der Waals surface area contributed by atoms with Crippen LogP contribution in [0.1, 0.15) is 0 Å². The van der Waals surface area contributed by atoms with Gasteiger partial charge in [0.25, 0.3) is 11.7 Å². The number of hydrogen-bond acceptors (Lipinski definition) is 2. The third-order valence-corrected chi connectivity index (χ3v) is 3.52. The third-order valence-electron chi connectivity index (χ3n) is 2.33. The lowest BCUT2D eigenvalue weighted by Gasteiger charge is -2.28. The zero-order valence-electron chi connectivity index (χ0n) is 11.4. The van der Waals surface area contributed by atoms with Crippen molar-refractivity contribution in [2.45, 2.75) is 18.8 Å². The van der Waals surface area contributed by atoms with E-state index in [4.69, 9.17) is 34.8 Å². The first-order chi connectivity index (χ1) is 11.5. The van der Waals surface area contributed by atoms with E-state index in [0.717, 1.165) is 0 Å². The van der Waals surface area contributed by atoms with Gasteiger partial charge >= 0.3 is 18.8 Å². The molecule has 148 valence electrons. The summed E-state index contributed by atoms with van der Waals surface area (Å²) in [6.45, 7) is 0. The van der Waals surface area contributed by atoms with Gasteiger partial charge in [-0.1, -0.05) is 34.8 Å². The Bertz CT molecular complexity index is 673. The van der Waals surface area contributed by atoms with Crippen molar-refractivity contribution in [1.82, 2.24) is 4.90 Å². The quantitative estimate of drug-likeness (QED) is 0.207. The second-order valence-corrected chi connectivity index (χ2v) is 5.38. The van der Waals surface area contributed by atoms with Crippen LogP contribution in [0.25, 0.3) is 0 Å². The topological polar surface area (TPSA) is 12.5 Å². The summed E-state index contributed by atoms with van der Waals surface area (Å²) in [5, 5.41) is -1.51. The van der Waals surface area contributed by atoms with Gasteiger partial charge in [0.05, 0.1) is 15.1 Å². The smallest absolute Gasteiger partial charge is 0.448 e. The van der Waals surface area contributed by atoms with E-state index in [9.17, 15) is 43.9 Å². The predicted molar refractivity (Wildman–Crippen MR) is 70.2 cm³/mol. The Morgan fingerprint density at radius 3 is 1.50 bits per heavy atom. The summed E-state index contributed by atoms with van der Waals surface area (Å²) in [5.41, 5.74) is 0. The summed E-state index contributed by atoms with van der Waals surface area (Å²) >= 11 is 16.4. The van der Waals surface area contributed by atoms with Crippen LogP contribution < -0.4 is 4.74 Å². The number of rotatable bonds is 3. The molecule has 0 saturated carbocycles. The molecule has 0 atom stereocenters. The summed E-state index contributed by atoms with van der Waals surface area (Å²) in [6.07, 6.45) is -19.2. The standard InChI is InChI=1S/C11H2Cl3F10NO/c12-4-1-3(2-5(13)6(4)14)26-7(9(16,17)18)8(15)25(10(19,20)21)11(22,23)24/h1-2H/b8-7+. The fourth-order valence-electron chi connectivity index (χ4n) is 1.39. The fourth-order valence-corrected chi connectivity index (χ4v) is 1.97. The molecule has 0 radical (unpaired) electrons. The molecule has 0 N–H and O–H groups in total. The first-order valence-electron chi connectivity index (χ1n) is 5.69. The van der Waals surface area contributed by atoms with Crippen LogP contribution in [-0.2, 0) is 0 Å². The summed E-state index contributed by atoms with van der Waals surface area (Å²) in [7, 11) is 0.